The first-order chi connectivity index (χ1) is 12.2. The minimum absolute atomic E-state index is 0.0741. The Labute approximate surface area is 144 Å². The van der Waals surface area contributed by atoms with E-state index >= 15 is 0 Å². The number of hydrogen-bond donors (Lipinski definition) is 1. The number of carbonyl (C=O) groups excluding carboxylic acids is 1. The summed E-state index contributed by atoms with van der Waals surface area (Å²) in [5.41, 5.74) is 4.08. The molecule has 1 aromatic heterocycles. The highest BCUT2D eigenvalue weighted by Gasteiger charge is 2.08. The Hall–Kier alpha value is -3.55. The van der Waals surface area contributed by atoms with E-state index in [0.29, 0.717) is 5.82 Å². The van der Waals surface area contributed by atoms with Crippen LogP contribution in [0.1, 0.15) is 5.56 Å². The lowest BCUT2D eigenvalue weighted by Crippen LogP contribution is -2.24. The molecule has 0 saturated carbocycles. The van der Waals surface area contributed by atoms with Crippen molar-refractivity contribution in [3.63, 3.8) is 0 Å². The molecule has 0 fully saturated rings. The zero-order chi connectivity index (χ0) is 17.5. The van der Waals surface area contributed by atoms with Crippen molar-refractivity contribution >= 4 is 12.1 Å². The largest absolute Gasteiger partial charge is 0.497 e. The van der Waals surface area contributed by atoms with E-state index in [1.807, 2.05) is 48.5 Å². The number of tetrazole rings is 1. The molecule has 1 N–H and O–H groups in total. The van der Waals surface area contributed by atoms with Crippen molar-refractivity contribution in [3.05, 3.63) is 60.2 Å². The molecular weight excluding hydrogens is 320 g/mol. The fourth-order valence-corrected chi connectivity index (χ4v) is 2.08. The van der Waals surface area contributed by atoms with Gasteiger partial charge in [-0.2, -0.15) is 9.90 Å². The van der Waals surface area contributed by atoms with Crippen molar-refractivity contribution in [2.75, 3.05) is 7.11 Å². The zero-order valence-electron chi connectivity index (χ0n) is 13.5. The molecule has 8 nitrogen and oxygen atoms in total. The first-order valence-corrected chi connectivity index (χ1v) is 7.54. The number of hydrazone groups is 1. The van der Waals surface area contributed by atoms with Crippen molar-refractivity contribution in [3.8, 4) is 17.1 Å². The number of carbonyl (C=O) groups is 1. The molecule has 0 radical (unpaired) electrons. The van der Waals surface area contributed by atoms with Crippen molar-refractivity contribution in [1.82, 2.24) is 25.6 Å². The van der Waals surface area contributed by atoms with E-state index in [1.165, 1.54) is 11.0 Å². The van der Waals surface area contributed by atoms with Crippen molar-refractivity contribution < 1.29 is 9.53 Å². The van der Waals surface area contributed by atoms with Crippen LogP contribution < -0.4 is 10.2 Å². The Balaban J connectivity index is 1.56. The highest BCUT2D eigenvalue weighted by Crippen LogP contribution is 2.12. The van der Waals surface area contributed by atoms with Crippen LogP contribution in [0.15, 0.2) is 59.7 Å². The fraction of sp³-hybridized carbons (Fsp3) is 0.118. The van der Waals surface area contributed by atoms with Gasteiger partial charge in [0.25, 0.3) is 5.91 Å². The van der Waals surface area contributed by atoms with Crippen LogP contribution in [0.25, 0.3) is 11.4 Å². The summed E-state index contributed by atoms with van der Waals surface area (Å²) >= 11 is 0. The van der Waals surface area contributed by atoms with Gasteiger partial charge in [-0.25, -0.2) is 5.43 Å². The molecule has 0 saturated heterocycles. The van der Waals surface area contributed by atoms with E-state index in [1.54, 1.807) is 13.2 Å². The lowest BCUT2D eigenvalue weighted by atomic mass is 10.2. The smallest absolute Gasteiger partial charge is 0.263 e. The van der Waals surface area contributed by atoms with E-state index in [9.17, 15) is 4.79 Å². The van der Waals surface area contributed by atoms with Gasteiger partial charge in [0.15, 0.2) is 0 Å². The number of nitrogens with one attached hydrogen (secondary N) is 1. The zero-order valence-corrected chi connectivity index (χ0v) is 13.5. The van der Waals surface area contributed by atoms with Crippen molar-refractivity contribution in [2.45, 2.75) is 6.54 Å². The van der Waals surface area contributed by atoms with Crippen LogP contribution in [0.3, 0.4) is 0 Å². The molecule has 0 aliphatic carbocycles. The Kier molecular flexibility index (Phi) is 5.10. The first kappa shape index (κ1) is 16.3. The summed E-state index contributed by atoms with van der Waals surface area (Å²) in [6.07, 6.45) is 1.53. The van der Waals surface area contributed by atoms with Gasteiger partial charge in [0.05, 0.1) is 13.3 Å². The van der Waals surface area contributed by atoms with Crippen LogP contribution in [-0.2, 0) is 11.3 Å². The van der Waals surface area contributed by atoms with Crippen molar-refractivity contribution in [1.29, 1.82) is 0 Å². The number of amides is 1. The second kappa shape index (κ2) is 7.82. The molecular formula is C17H16N6O2. The summed E-state index contributed by atoms with van der Waals surface area (Å²) in [7, 11) is 1.59. The molecule has 8 heteroatoms. The fourth-order valence-electron chi connectivity index (χ4n) is 2.08. The van der Waals surface area contributed by atoms with Gasteiger partial charge in [-0.1, -0.05) is 42.5 Å². The van der Waals surface area contributed by atoms with E-state index in [0.717, 1.165) is 16.9 Å². The second-order valence-corrected chi connectivity index (χ2v) is 5.08. The molecule has 1 amide bonds. The van der Waals surface area contributed by atoms with E-state index in [-0.39, 0.29) is 12.5 Å². The number of methoxy groups -OCH3 is 1. The summed E-state index contributed by atoms with van der Waals surface area (Å²) in [6, 6.07) is 16.8. The number of nitrogens with zero attached hydrogens (tertiary/aromatic N) is 5. The average molecular weight is 336 g/mol. The predicted octanol–water partition coefficient (Wildman–Crippen LogP) is 1.50. The third-order valence-corrected chi connectivity index (χ3v) is 3.27. The SMILES string of the molecule is COc1cccc(C=NNC(=O)Cn2nnc(-c3ccccc3)n2)c1. The van der Waals surface area contributed by atoms with Crippen LogP contribution in [0, 0.1) is 0 Å². The Morgan fingerprint density at radius 1 is 1.24 bits per heavy atom. The maximum atomic E-state index is 11.9. The van der Waals surface area contributed by atoms with Gasteiger partial charge in [-0.05, 0) is 22.9 Å². The van der Waals surface area contributed by atoms with Gasteiger partial charge in [0.1, 0.15) is 12.3 Å². The van der Waals surface area contributed by atoms with Crippen LogP contribution in [0.2, 0.25) is 0 Å². The standard InChI is InChI=1S/C17H16N6O2/c1-25-15-9-5-6-13(10-15)11-18-19-16(24)12-23-21-17(20-22-23)14-7-3-2-4-8-14/h2-11H,12H2,1H3,(H,19,24). The maximum Gasteiger partial charge on any atom is 0.263 e. The summed E-state index contributed by atoms with van der Waals surface area (Å²) in [6.45, 7) is -0.0741. The number of rotatable bonds is 6. The summed E-state index contributed by atoms with van der Waals surface area (Å²) in [4.78, 5) is 13.1. The molecule has 3 rings (SSSR count). The monoisotopic (exact) mass is 336 g/mol. The third kappa shape index (κ3) is 4.47. The maximum absolute atomic E-state index is 11.9. The summed E-state index contributed by atoms with van der Waals surface area (Å²) in [5, 5.41) is 15.9. The quantitative estimate of drug-likeness (QED) is 0.544. The number of ether oxygens (including phenoxy) is 1. The Morgan fingerprint density at radius 3 is 2.88 bits per heavy atom. The van der Waals surface area contributed by atoms with Crippen LogP contribution in [0.4, 0.5) is 0 Å². The second-order valence-electron chi connectivity index (χ2n) is 5.08. The number of aromatic nitrogens is 4. The number of hydrogen-bond acceptors (Lipinski definition) is 6. The molecule has 0 spiro atoms. The lowest BCUT2D eigenvalue weighted by Gasteiger charge is -2.00. The summed E-state index contributed by atoms with van der Waals surface area (Å²) < 4.78 is 5.12. The van der Waals surface area contributed by atoms with E-state index in [2.05, 4.69) is 25.9 Å². The summed E-state index contributed by atoms with van der Waals surface area (Å²) in [5.74, 6) is 0.833. The molecule has 126 valence electrons. The molecule has 0 atom stereocenters. The van der Waals surface area contributed by atoms with Gasteiger partial charge in [0.2, 0.25) is 5.82 Å². The highest BCUT2D eigenvalue weighted by molar-refractivity contribution is 5.82. The van der Waals surface area contributed by atoms with Gasteiger partial charge >= 0.3 is 0 Å². The normalized spacial score (nSPS) is 10.8. The molecule has 3 aromatic rings. The molecule has 0 aliphatic rings. The topological polar surface area (TPSA) is 94.3 Å². The average Bonchev–Trinajstić information content (AvgIpc) is 3.11. The van der Waals surface area contributed by atoms with Crippen molar-refractivity contribution in [2.24, 2.45) is 5.10 Å². The lowest BCUT2D eigenvalue weighted by molar-refractivity contribution is -0.122. The van der Waals surface area contributed by atoms with Gasteiger partial charge < -0.3 is 4.74 Å². The Morgan fingerprint density at radius 2 is 2.08 bits per heavy atom. The molecule has 0 bridgehead atoms. The van der Waals surface area contributed by atoms with Gasteiger partial charge in [-0.15, -0.1) is 10.2 Å². The number of benzene rings is 2. The first-order valence-electron chi connectivity index (χ1n) is 7.54. The van der Waals surface area contributed by atoms with E-state index < -0.39 is 0 Å². The van der Waals surface area contributed by atoms with Crippen LogP contribution in [0.5, 0.6) is 5.75 Å². The minimum Gasteiger partial charge on any atom is -0.497 e. The molecule has 2 aromatic carbocycles. The molecule has 0 unspecified atom stereocenters. The Bertz CT molecular complexity index is 876. The molecule has 25 heavy (non-hydrogen) atoms. The van der Waals surface area contributed by atoms with Gasteiger partial charge in [-0.3, -0.25) is 4.79 Å². The van der Waals surface area contributed by atoms with E-state index in [4.69, 9.17) is 4.74 Å². The van der Waals surface area contributed by atoms with Crippen LogP contribution >= 0.6 is 0 Å². The predicted molar refractivity (Wildman–Crippen MR) is 92.0 cm³/mol. The van der Waals surface area contributed by atoms with Gasteiger partial charge in [0, 0.05) is 5.56 Å². The highest BCUT2D eigenvalue weighted by atomic mass is 16.5. The third-order valence-electron chi connectivity index (χ3n) is 3.27. The molecule has 0 aliphatic heterocycles. The van der Waals surface area contributed by atoms with Crippen LogP contribution in [-0.4, -0.2) is 39.4 Å². The minimum atomic E-state index is -0.351. The molecule has 1 heterocycles.